The number of rotatable bonds is 3. The van der Waals surface area contributed by atoms with Gasteiger partial charge in [0.2, 0.25) is 0 Å². The minimum absolute atomic E-state index is 0.101. The van der Waals surface area contributed by atoms with Gasteiger partial charge in [-0.05, 0) is 57.8 Å². The molecule has 0 amide bonds. The lowest BCUT2D eigenvalue weighted by Crippen LogP contribution is -2.49. The highest BCUT2D eigenvalue weighted by molar-refractivity contribution is 4.95. The molecule has 0 N–H and O–H groups in total. The van der Waals surface area contributed by atoms with Crippen LogP contribution < -0.4 is 0 Å². The molecule has 3 heteroatoms. The molecule has 0 saturated carbocycles. The molecule has 0 aromatic heterocycles. The average Bonchev–Trinajstić information content (AvgIpc) is 2.70. The minimum atomic E-state index is -0.101. The molecule has 24 heavy (non-hydrogen) atoms. The van der Waals surface area contributed by atoms with Gasteiger partial charge < -0.3 is 14.2 Å². The highest BCUT2D eigenvalue weighted by atomic mass is 16.9. The van der Waals surface area contributed by atoms with E-state index in [4.69, 9.17) is 14.2 Å². The van der Waals surface area contributed by atoms with Gasteiger partial charge in [-0.1, -0.05) is 36.5 Å². The van der Waals surface area contributed by atoms with Crippen LogP contribution >= 0.6 is 0 Å². The summed E-state index contributed by atoms with van der Waals surface area (Å²) in [7, 11) is 0. The topological polar surface area (TPSA) is 27.7 Å². The Morgan fingerprint density at radius 3 is 1.04 bits per heavy atom. The number of hydrogen-bond donors (Lipinski definition) is 0. The molecule has 0 aromatic rings. The van der Waals surface area contributed by atoms with E-state index >= 15 is 0 Å². The van der Waals surface area contributed by atoms with Crippen LogP contribution in [0.1, 0.15) is 57.8 Å². The monoisotopic (exact) mass is 330 g/mol. The van der Waals surface area contributed by atoms with E-state index in [1.54, 1.807) is 0 Å². The Labute approximate surface area is 145 Å². The fourth-order valence-electron chi connectivity index (χ4n) is 4.35. The van der Waals surface area contributed by atoms with Gasteiger partial charge in [-0.3, -0.25) is 0 Å². The molecule has 1 aliphatic heterocycles. The molecule has 132 valence electrons. The van der Waals surface area contributed by atoms with Crippen molar-refractivity contribution in [1.82, 2.24) is 0 Å². The molecule has 3 atom stereocenters. The van der Waals surface area contributed by atoms with E-state index in [1.807, 2.05) is 0 Å². The first-order chi connectivity index (χ1) is 11.9. The molecule has 1 fully saturated rings. The summed E-state index contributed by atoms with van der Waals surface area (Å²) in [5.74, 6) is 1.42. The van der Waals surface area contributed by atoms with Gasteiger partial charge >= 0.3 is 0 Å². The molecule has 3 nitrogen and oxygen atoms in total. The van der Waals surface area contributed by atoms with Gasteiger partial charge in [-0.2, -0.15) is 0 Å². The molecule has 4 rings (SSSR count). The summed E-state index contributed by atoms with van der Waals surface area (Å²) in [6, 6.07) is 0. The number of allylic oxidation sites excluding steroid dienone is 6. The highest BCUT2D eigenvalue weighted by Gasteiger charge is 2.41. The minimum Gasteiger partial charge on any atom is -0.323 e. The Kier molecular flexibility index (Phi) is 5.51. The van der Waals surface area contributed by atoms with Crippen LogP contribution in [-0.4, -0.2) is 18.9 Å². The Hall–Kier alpha value is -0.900. The van der Waals surface area contributed by atoms with Gasteiger partial charge in [0.15, 0.2) is 18.9 Å². The standard InChI is InChI=1S/C21H30O3/c1-4-10-16(11-5-1)19-22-20(17-12-6-2-7-13-17)24-21(23-19)18-14-8-3-9-15-18/h1-4,6,8,16-21H,5,7,9-15H2. The Bertz CT molecular complexity index is 418. The smallest absolute Gasteiger partial charge is 0.167 e. The van der Waals surface area contributed by atoms with E-state index in [-0.39, 0.29) is 18.9 Å². The molecule has 1 heterocycles. The number of hydrogen-bond acceptors (Lipinski definition) is 3. The van der Waals surface area contributed by atoms with Crippen LogP contribution in [0.25, 0.3) is 0 Å². The molecule has 0 bridgehead atoms. The first-order valence-electron chi connectivity index (χ1n) is 9.81. The van der Waals surface area contributed by atoms with E-state index in [2.05, 4.69) is 36.5 Å². The summed E-state index contributed by atoms with van der Waals surface area (Å²) in [4.78, 5) is 0. The highest BCUT2D eigenvalue weighted by Crippen LogP contribution is 2.38. The third-order valence-electron chi connectivity index (χ3n) is 5.89. The van der Waals surface area contributed by atoms with Crippen molar-refractivity contribution in [3.63, 3.8) is 0 Å². The largest absolute Gasteiger partial charge is 0.323 e. The van der Waals surface area contributed by atoms with Crippen molar-refractivity contribution in [3.05, 3.63) is 36.5 Å². The van der Waals surface area contributed by atoms with Gasteiger partial charge in [-0.15, -0.1) is 0 Å². The molecule has 0 spiro atoms. The lowest BCUT2D eigenvalue weighted by molar-refractivity contribution is -0.415. The summed E-state index contributed by atoms with van der Waals surface area (Å²) in [5.41, 5.74) is 0. The first-order valence-corrected chi connectivity index (χ1v) is 9.81. The molecule has 1 saturated heterocycles. The van der Waals surface area contributed by atoms with E-state index in [0.29, 0.717) is 17.8 Å². The van der Waals surface area contributed by atoms with Crippen LogP contribution in [0.15, 0.2) is 36.5 Å². The zero-order valence-corrected chi connectivity index (χ0v) is 14.5. The maximum atomic E-state index is 6.36. The predicted octanol–water partition coefficient (Wildman–Crippen LogP) is 5.10. The summed E-state index contributed by atoms with van der Waals surface area (Å²) in [6.45, 7) is 0. The van der Waals surface area contributed by atoms with Crippen molar-refractivity contribution in [1.29, 1.82) is 0 Å². The van der Waals surface area contributed by atoms with E-state index in [1.165, 1.54) is 0 Å². The van der Waals surface area contributed by atoms with Crippen LogP contribution in [0.5, 0.6) is 0 Å². The quantitative estimate of drug-likeness (QED) is 0.674. The third-order valence-corrected chi connectivity index (χ3v) is 5.89. The third kappa shape index (κ3) is 3.84. The van der Waals surface area contributed by atoms with Gasteiger partial charge in [0, 0.05) is 17.8 Å². The van der Waals surface area contributed by atoms with Crippen molar-refractivity contribution in [2.24, 2.45) is 17.8 Å². The maximum Gasteiger partial charge on any atom is 0.167 e. The zero-order valence-electron chi connectivity index (χ0n) is 14.5. The van der Waals surface area contributed by atoms with Crippen molar-refractivity contribution < 1.29 is 14.2 Å². The molecular formula is C21H30O3. The van der Waals surface area contributed by atoms with Crippen LogP contribution in [0.3, 0.4) is 0 Å². The molecule has 0 aromatic carbocycles. The van der Waals surface area contributed by atoms with E-state index in [0.717, 1.165) is 57.8 Å². The van der Waals surface area contributed by atoms with Crippen molar-refractivity contribution in [2.45, 2.75) is 76.7 Å². The van der Waals surface area contributed by atoms with Crippen molar-refractivity contribution in [2.75, 3.05) is 0 Å². The van der Waals surface area contributed by atoms with Crippen LogP contribution in [-0.2, 0) is 14.2 Å². The van der Waals surface area contributed by atoms with Gasteiger partial charge in [0.25, 0.3) is 0 Å². The molecule has 4 aliphatic rings. The normalized spacial score (nSPS) is 43.0. The van der Waals surface area contributed by atoms with Crippen molar-refractivity contribution >= 4 is 0 Å². The number of ether oxygens (including phenoxy) is 3. The van der Waals surface area contributed by atoms with Crippen LogP contribution in [0.4, 0.5) is 0 Å². The molecular weight excluding hydrogens is 300 g/mol. The summed E-state index contributed by atoms with van der Waals surface area (Å²) in [6.07, 6.45) is 23.5. The van der Waals surface area contributed by atoms with Gasteiger partial charge in [-0.25, -0.2) is 0 Å². The van der Waals surface area contributed by atoms with Gasteiger partial charge in [0.1, 0.15) is 0 Å². The van der Waals surface area contributed by atoms with Crippen LogP contribution in [0.2, 0.25) is 0 Å². The Morgan fingerprint density at radius 2 is 0.792 bits per heavy atom. The van der Waals surface area contributed by atoms with Gasteiger partial charge in [0.05, 0.1) is 0 Å². The molecule has 3 unspecified atom stereocenters. The maximum absolute atomic E-state index is 6.36. The molecule has 0 radical (unpaired) electrons. The second kappa shape index (κ2) is 7.99. The summed E-state index contributed by atoms with van der Waals surface area (Å²) >= 11 is 0. The van der Waals surface area contributed by atoms with E-state index < -0.39 is 0 Å². The lowest BCUT2D eigenvalue weighted by Gasteiger charge is -2.44. The first kappa shape index (κ1) is 16.6. The lowest BCUT2D eigenvalue weighted by atomic mass is 9.90. The Morgan fingerprint density at radius 1 is 0.458 bits per heavy atom. The fourth-order valence-corrected chi connectivity index (χ4v) is 4.35. The Balaban J connectivity index is 1.47. The summed E-state index contributed by atoms with van der Waals surface area (Å²) < 4.78 is 19.1. The van der Waals surface area contributed by atoms with E-state index in [9.17, 15) is 0 Å². The van der Waals surface area contributed by atoms with Crippen molar-refractivity contribution in [3.8, 4) is 0 Å². The fraction of sp³-hybridized carbons (Fsp3) is 0.714. The zero-order chi connectivity index (χ0) is 16.2. The second-order valence-electron chi connectivity index (χ2n) is 7.65. The van der Waals surface area contributed by atoms with Crippen LogP contribution in [0, 0.1) is 17.8 Å². The summed E-state index contributed by atoms with van der Waals surface area (Å²) in [5, 5.41) is 0. The second-order valence-corrected chi connectivity index (χ2v) is 7.65. The SMILES string of the molecule is C1=CCC(C2OC(C3CC=CCC3)OC(C3CC=CCC3)O2)CC1. The average molecular weight is 330 g/mol. The molecule has 3 aliphatic carbocycles. The predicted molar refractivity (Wildman–Crippen MR) is 94.1 cm³/mol.